The highest BCUT2D eigenvalue weighted by atomic mass is 32.2. The van der Waals surface area contributed by atoms with E-state index < -0.39 is 0 Å². The van der Waals surface area contributed by atoms with E-state index in [0.29, 0.717) is 18.9 Å². The van der Waals surface area contributed by atoms with Crippen molar-refractivity contribution in [2.75, 3.05) is 45.2 Å². The largest absolute Gasteiger partial charge is 0.464 e. The molecule has 0 fully saturated rings. The van der Waals surface area contributed by atoms with Gasteiger partial charge in [0.1, 0.15) is 17.8 Å². The molecule has 1 N–H and O–H groups in total. The second kappa shape index (κ2) is 13.3. The Hall–Kier alpha value is -2.50. The molecule has 178 valence electrons. The minimum Gasteiger partial charge on any atom is -0.464 e. The van der Waals surface area contributed by atoms with Crippen molar-refractivity contribution < 1.29 is 9.34 Å². The molecule has 0 spiro atoms. The van der Waals surface area contributed by atoms with Crippen LogP contribution in [0.4, 0.5) is 0 Å². The van der Waals surface area contributed by atoms with E-state index in [0.717, 1.165) is 52.8 Å². The summed E-state index contributed by atoms with van der Waals surface area (Å²) in [5.41, 5.74) is 2.06. The Labute approximate surface area is 202 Å². The molecule has 3 aromatic rings. The molecule has 0 aliphatic heterocycles. The zero-order chi connectivity index (χ0) is 23.5. The van der Waals surface area contributed by atoms with Crippen LogP contribution in [0.25, 0.3) is 11.0 Å². The van der Waals surface area contributed by atoms with Crippen molar-refractivity contribution in [1.29, 1.82) is 0 Å². The van der Waals surface area contributed by atoms with E-state index in [-0.39, 0.29) is 11.5 Å². The predicted octanol–water partition coefficient (Wildman–Crippen LogP) is 3.78. The lowest BCUT2D eigenvalue weighted by atomic mass is 10.3. The number of rotatable bonds is 14. The molecule has 0 radical (unpaired) electrons. The lowest BCUT2D eigenvalue weighted by Gasteiger charge is -2.07. The number of benzene rings is 1. The minimum atomic E-state index is -0.347. The first-order valence-corrected chi connectivity index (χ1v) is 12.9. The van der Waals surface area contributed by atoms with Crippen molar-refractivity contribution >= 4 is 40.6 Å². The third-order valence-corrected chi connectivity index (χ3v) is 6.57. The van der Waals surface area contributed by atoms with Crippen molar-refractivity contribution in [3.05, 3.63) is 64.4 Å². The first-order chi connectivity index (χ1) is 16.0. The maximum Gasteiger partial charge on any atom is 0.259 e. The van der Waals surface area contributed by atoms with Crippen molar-refractivity contribution in [2.24, 2.45) is 4.99 Å². The van der Waals surface area contributed by atoms with Gasteiger partial charge in [0, 0.05) is 29.5 Å². The monoisotopic (exact) mass is 490 g/mol. The number of thioether (sulfide) groups is 1. The van der Waals surface area contributed by atoms with E-state index in [1.165, 1.54) is 0 Å². The standard InChI is InChI=1S/C22H30N6O3S2/c1-26(2)14-18-8-9-19(31-18)16-32-13-11-24-22(15-28(29)30)23-10-5-12-33-27-17-25-20-6-3-4-7-21(20)27/h3-4,6-9,17H,5,10-16H2,1-2H3,(H,23,24). The molecule has 0 bridgehead atoms. The summed E-state index contributed by atoms with van der Waals surface area (Å²) < 4.78 is 7.85. The Bertz CT molecular complexity index is 1050. The number of nitrogens with one attached hydrogen (secondary N) is 1. The van der Waals surface area contributed by atoms with Crippen LogP contribution in [0.3, 0.4) is 0 Å². The summed E-state index contributed by atoms with van der Waals surface area (Å²) in [6.45, 7) is 1.67. The number of imidazole rings is 1. The lowest BCUT2D eigenvalue weighted by molar-refractivity contribution is -0.463. The topological polar surface area (TPSA) is 102 Å². The molecule has 0 amide bonds. The van der Waals surface area contributed by atoms with E-state index in [2.05, 4.69) is 24.2 Å². The van der Waals surface area contributed by atoms with Gasteiger partial charge in [0.2, 0.25) is 0 Å². The van der Waals surface area contributed by atoms with Gasteiger partial charge in [0.15, 0.2) is 5.84 Å². The minimum absolute atomic E-state index is 0.282. The quantitative estimate of drug-likeness (QED) is 0.120. The summed E-state index contributed by atoms with van der Waals surface area (Å²) >= 11 is 3.39. The molecule has 0 aliphatic rings. The van der Waals surface area contributed by atoms with Gasteiger partial charge in [-0.15, -0.1) is 0 Å². The van der Waals surface area contributed by atoms with Gasteiger partial charge in [-0.05, 0) is 56.7 Å². The van der Waals surface area contributed by atoms with Gasteiger partial charge in [0.25, 0.3) is 6.54 Å². The number of para-hydroxylation sites is 2. The average molecular weight is 491 g/mol. The molecule has 0 atom stereocenters. The maximum atomic E-state index is 11.0. The van der Waals surface area contributed by atoms with E-state index in [9.17, 15) is 10.1 Å². The number of fused-ring (bicyclic) bond motifs is 1. The van der Waals surface area contributed by atoms with Crippen LogP contribution in [0.1, 0.15) is 17.9 Å². The van der Waals surface area contributed by atoms with Crippen molar-refractivity contribution in [1.82, 2.24) is 19.2 Å². The van der Waals surface area contributed by atoms with Crippen molar-refractivity contribution in [2.45, 2.75) is 18.7 Å². The number of nitro groups is 1. The molecule has 0 aliphatic carbocycles. The number of hydrogen-bond donors (Lipinski definition) is 1. The molecular formula is C22H30N6O3S2. The fourth-order valence-corrected chi connectivity index (χ4v) is 4.71. The fraction of sp³-hybridized carbons (Fsp3) is 0.455. The number of aliphatic imine (C=N–C) groups is 1. The summed E-state index contributed by atoms with van der Waals surface area (Å²) in [4.78, 5) is 21.5. The SMILES string of the molecule is CN(C)Cc1ccc(CSCCNC(C[N+](=O)[O-])=NCCCSn2cnc3ccccc32)o1. The number of nitrogens with zero attached hydrogens (tertiary/aromatic N) is 5. The summed E-state index contributed by atoms with van der Waals surface area (Å²) in [5, 5.41) is 14.1. The highest BCUT2D eigenvalue weighted by Crippen LogP contribution is 2.18. The second-order valence-electron chi connectivity index (χ2n) is 7.65. The smallest absolute Gasteiger partial charge is 0.259 e. The zero-order valence-corrected chi connectivity index (χ0v) is 20.6. The van der Waals surface area contributed by atoms with Gasteiger partial charge in [-0.2, -0.15) is 11.8 Å². The number of amidine groups is 1. The van der Waals surface area contributed by atoms with Gasteiger partial charge in [0.05, 0.1) is 23.3 Å². The van der Waals surface area contributed by atoms with Crippen LogP contribution >= 0.6 is 23.7 Å². The molecule has 9 nitrogen and oxygen atoms in total. The average Bonchev–Trinajstić information content (AvgIpc) is 3.39. The molecule has 0 unspecified atom stereocenters. The Morgan fingerprint density at radius 1 is 1.24 bits per heavy atom. The van der Waals surface area contributed by atoms with Gasteiger partial charge >= 0.3 is 0 Å². The number of furan rings is 1. The van der Waals surface area contributed by atoms with Crippen molar-refractivity contribution in [3.8, 4) is 0 Å². The molecule has 2 aromatic heterocycles. The molecule has 1 aromatic carbocycles. The number of aromatic nitrogens is 2. The summed E-state index contributed by atoms with van der Waals surface area (Å²) in [5.74, 6) is 4.77. The fourth-order valence-electron chi connectivity index (χ4n) is 3.10. The molecule has 0 saturated heterocycles. The summed E-state index contributed by atoms with van der Waals surface area (Å²) in [7, 11) is 4.01. The number of hydrogen-bond acceptors (Lipinski definition) is 8. The third kappa shape index (κ3) is 8.75. The van der Waals surface area contributed by atoms with Crippen LogP contribution in [-0.4, -0.2) is 69.9 Å². The van der Waals surface area contributed by atoms with E-state index in [1.807, 2.05) is 56.8 Å². The van der Waals surface area contributed by atoms with E-state index in [4.69, 9.17) is 4.42 Å². The highest BCUT2D eigenvalue weighted by Gasteiger charge is 2.08. The molecule has 33 heavy (non-hydrogen) atoms. The Morgan fingerprint density at radius 2 is 2.06 bits per heavy atom. The Kier molecular flexibility index (Phi) is 10.1. The van der Waals surface area contributed by atoms with Crippen LogP contribution in [-0.2, 0) is 12.3 Å². The second-order valence-corrected chi connectivity index (χ2v) is 9.82. The Morgan fingerprint density at radius 3 is 2.88 bits per heavy atom. The van der Waals surface area contributed by atoms with Crippen molar-refractivity contribution in [3.63, 3.8) is 0 Å². The predicted molar refractivity (Wildman–Crippen MR) is 137 cm³/mol. The molecule has 2 heterocycles. The van der Waals surface area contributed by atoms with Crippen LogP contribution in [0, 0.1) is 10.1 Å². The Balaban J connectivity index is 1.35. The van der Waals surface area contributed by atoms with Gasteiger partial charge in [-0.3, -0.25) is 19.1 Å². The maximum absolute atomic E-state index is 11.0. The lowest BCUT2D eigenvalue weighted by Crippen LogP contribution is -2.32. The third-order valence-electron chi connectivity index (χ3n) is 4.54. The molecule has 11 heteroatoms. The van der Waals surface area contributed by atoms with Gasteiger partial charge in [-0.1, -0.05) is 12.1 Å². The normalized spacial score (nSPS) is 12.0. The summed E-state index contributed by atoms with van der Waals surface area (Å²) in [6.07, 6.45) is 2.64. The van der Waals surface area contributed by atoms with Gasteiger partial charge in [-0.25, -0.2) is 4.98 Å². The van der Waals surface area contributed by atoms with Crippen LogP contribution in [0.15, 0.2) is 52.1 Å². The molecule has 0 saturated carbocycles. The summed E-state index contributed by atoms with van der Waals surface area (Å²) in [6, 6.07) is 12.0. The van der Waals surface area contributed by atoms with Crippen LogP contribution < -0.4 is 5.32 Å². The van der Waals surface area contributed by atoms with E-state index >= 15 is 0 Å². The van der Waals surface area contributed by atoms with Crippen LogP contribution in [0.2, 0.25) is 0 Å². The van der Waals surface area contributed by atoms with Crippen LogP contribution in [0.5, 0.6) is 0 Å². The van der Waals surface area contributed by atoms with E-state index in [1.54, 1.807) is 23.7 Å². The van der Waals surface area contributed by atoms with Gasteiger partial charge < -0.3 is 14.6 Å². The first kappa shape index (κ1) is 25.1. The molecular weight excluding hydrogens is 460 g/mol. The zero-order valence-electron chi connectivity index (χ0n) is 19.0. The highest BCUT2D eigenvalue weighted by molar-refractivity contribution is 7.98. The first-order valence-electron chi connectivity index (χ1n) is 10.8. The molecule has 3 rings (SSSR count).